The van der Waals surface area contributed by atoms with Gasteiger partial charge in [0.1, 0.15) is 11.6 Å². The van der Waals surface area contributed by atoms with E-state index in [4.69, 9.17) is 16.6 Å². The fourth-order valence-electron chi connectivity index (χ4n) is 2.30. The Labute approximate surface area is 171 Å². The molecule has 0 bridgehead atoms. The van der Waals surface area contributed by atoms with E-state index in [0.29, 0.717) is 10.0 Å². The van der Waals surface area contributed by atoms with Crippen molar-refractivity contribution < 1.29 is 18.5 Å². The monoisotopic (exact) mass is 463 g/mol. The Hall–Kier alpha value is -3.11. The van der Waals surface area contributed by atoms with Crippen molar-refractivity contribution in [3.8, 4) is 11.3 Å². The van der Waals surface area contributed by atoms with E-state index in [2.05, 4.69) is 26.6 Å². The lowest BCUT2D eigenvalue weighted by atomic mass is 10.1. The van der Waals surface area contributed by atoms with Crippen LogP contribution in [0.1, 0.15) is 10.6 Å². The molecule has 28 heavy (non-hydrogen) atoms. The zero-order valence-corrected chi connectivity index (χ0v) is 16.3. The number of rotatable bonds is 4. The highest BCUT2D eigenvalue weighted by Gasteiger charge is 2.16. The Balaban J connectivity index is 1.69. The second-order valence-corrected chi connectivity index (χ2v) is 6.83. The fraction of sp³-hybridized carbons (Fsp3) is 0. The highest BCUT2D eigenvalue weighted by atomic mass is 79.9. The Morgan fingerprint density at radius 3 is 2.68 bits per heavy atom. The zero-order valence-electron chi connectivity index (χ0n) is 13.9. The van der Waals surface area contributed by atoms with Crippen molar-refractivity contribution in [2.75, 3.05) is 5.32 Å². The lowest BCUT2D eigenvalue weighted by Gasteiger charge is -2.09. The molecule has 0 saturated carbocycles. The maximum atomic E-state index is 13.8. The molecule has 1 aromatic heterocycles. The number of anilines is 1. The van der Waals surface area contributed by atoms with Gasteiger partial charge < -0.3 is 9.73 Å². The number of non-ortho nitro benzene ring substituents is 1. The fourth-order valence-corrected chi connectivity index (χ4v) is 2.83. The Morgan fingerprint density at radius 1 is 1.18 bits per heavy atom. The molecule has 10 heteroatoms. The number of hydrogen-bond acceptors (Lipinski definition) is 5. The topological polar surface area (TPSA) is 97.4 Å². The third kappa shape index (κ3) is 4.59. The average molecular weight is 464 g/mol. The lowest BCUT2D eigenvalue weighted by Crippen LogP contribution is -2.34. The molecule has 2 aromatic carbocycles. The van der Waals surface area contributed by atoms with Crippen molar-refractivity contribution in [3.05, 3.63) is 80.8 Å². The number of thiocarbonyl (C=S) groups is 1. The minimum atomic E-state index is -0.647. The molecule has 0 aliphatic rings. The van der Waals surface area contributed by atoms with Crippen LogP contribution in [0.4, 0.5) is 15.8 Å². The Bertz CT molecular complexity index is 1090. The number of nitro groups is 1. The van der Waals surface area contributed by atoms with E-state index in [1.165, 1.54) is 42.5 Å². The molecule has 3 aromatic rings. The van der Waals surface area contributed by atoms with Crippen LogP contribution in [0.5, 0.6) is 0 Å². The van der Waals surface area contributed by atoms with Crippen molar-refractivity contribution >= 4 is 50.5 Å². The molecule has 7 nitrogen and oxygen atoms in total. The van der Waals surface area contributed by atoms with E-state index in [0.717, 1.165) is 0 Å². The first-order valence-corrected chi connectivity index (χ1v) is 8.95. The van der Waals surface area contributed by atoms with E-state index in [1.807, 2.05) is 0 Å². The highest BCUT2D eigenvalue weighted by Crippen LogP contribution is 2.26. The van der Waals surface area contributed by atoms with Gasteiger partial charge in [0.15, 0.2) is 10.9 Å². The van der Waals surface area contributed by atoms with Gasteiger partial charge in [-0.05, 0) is 42.5 Å². The van der Waals surface area contributed by atoms with Crippen LogP contribution < -0.4 is 10.6 Å². The standard InChI is InChI=1S/C18H11BrFN3O4S/c19-11-4-5-14(13(20)9-11)21-18(28)22-17(24)16-7-6-15(27-16)10-2-1-3-12(8-10)23(25)26/h1-9H,(H2,21,22,24,28). The molecule has 1 heterocycles. The van der Waals surface area contributed by atoms with Crippen molar-refractivity contribution in [2.24, 2.45) is 0 Å². The third-order valence-corrected chi connectivity index (χ3v) is 4.28. The minimum Gasteiger partial charge on any atom is -0.451 e. The summed E-state index contributed by atoms with van der Waals surface area (Å²) in [5.74, 6) is -0.961. The third-order valence-electron chi connectivity index (χ3n) is 3.58. The van der Waals surface area contributed by atoms with E-state index in [9.17, 15) is 19.3 Å². The molecule has 1 amide bonds. The van der Waals surface area contributed by atoms with Crippen LogP contribution in [0.15, 0.2) is 63.5 Å². The number of hydrogen-bond donors (Lipinski definition) is 2. The number of nitrogens with one attached hydrogen (secondary N) is 2. The predicted octanol–water partition coefficient (Wildman–Crippen LogP) is 4.88. The molecule has 0 spiro atoms. The van der Waals surface area contributed by atoms with Crippen LogP contribution in [0.3, 0.4) is 0 Å². The van der Waals surface area contributed by atoms with Crippen LogP contribution in [-0.2, 0) is 0 Å². The highest BCUT2D eigenvalue weighted by molar-refractivity contribution is 9.10. The van der Waals surface area contributed by atoms with Crippen LogP contribution in [0.25, 0.3) is 11.3 Å². The van der Waals surface area contributed by atoms with Gasteiger partial charge >= 0.3 is 0 Å². The number of halogens is 2. The molecular formula is C18H11BrFN3O4S. The number of carbonyl (C=O) groups is 1. The largest absolute Gasteiger partial charge is 0.451 e. The first kappa shape index (κ1) is 19.6. The number of carbonyl (C=O) groups excluding carboxylic acids is 1. The second kappa shape index (κ2) is 8.28. The SMILES string of the molecule is O=C(NC(=S)Nc1ccc(Br)cc1F)c1ccc(-c2cccc([N+](=O)[O-])c2)o1. The number of amides is 1. The number of nitrogens with zero attached hydrogens (tertiary/aromatic N) is 1. The van der Waals surface area contributed by atoms with Crippen molar-refractivity contribution in [1.82, 2.24) is 5.32 Å². The summed E-state index contributed by atoms with van der Waals surface area (Å²) >= 11 is 8.16. The maximum absolute atomic E-state index is 13.8. The van der Waals surface area contributed by atoms with Gasteiger partial charge in [-0.2, -0.15) is 0 Å². The van der Waals surface area contributed by atoms with Crippen LogP contribution in [0.2, 0.25) is 0 Å². The Kier molecular flexibility index (Phi) is 5.81. The van der Waals surface area contributed by atoms with Gasteiger partial charge in [-0.1, -0.05) is 28.1 Å². The summed E-state index contributed by atoms with van der Waals surface area (Å²) in [4.78, 5) is 22.6. The second-order valence-electron chi connectivity index (χ2n) is 5.50. The number of nitro benzene ring substituents is 1. The lowest BCUT2D eigenvalue weighted by molar-refractivity contribution is -0.384. The molecule has 0 atom stereocenters. The molecule has 3 rings (SSSR count). The summed E-state index contributed by atoms with van der Waals surface area (Å²) in [5.41, 5.74) is 0.456. The van der Waals surface area contributed by atoms with Gasteiger partial charge in [-0.25, -0.2) is 4.39 Å². The first-order valence-electron chi connectivity index (χ1n) is 7.75. The summed E-state index contributed by atoms with van der Waals surface area (Å²) < 4.78 is 19.8. The summed E-state index contributed by atoms with van der Waals surface area (Å²) in [6.07, 6.45) is 0. The normalized spacial score (nSPS) is 10.4. The minimum absolute atomic E-state index is 0.0538. The number of benzene rings is 2. The molecule has 0 aliphatic heterocycles. The van der Waals surface area contributed by atoms with Gasteiger partial charge in [0, 0.05) is 22.2 Å². The van der Waals surface area contributed by atoms with E-state index >= 15 is 0 Å². The summed E-state index contributed by atoms with van der Waals surface area (Å²) in [7, 11) is 0. The van der Waals surface area contributed by atoms with Crippen molar-refractivity contribution in [2.45, 2.75) is 0 Å². The number of furan rings is 1. The van der Waals surface area contributed by atoms with Crippen molar-refractivity contribution in [1.29, 1.82) is 0 Å². The maximum Gasteiger partial charge on any atom is 0.293 e. The summed E-state index contributed by atoms with van der Waals surface area (Å²) in [5, 5.41) is 15.7. The quantitative estimate of drug-likeness (QED) is 0.325. The van der Waals surface area contributed by atoms with Crippen LogP contribution in [0, 0.1) is 15.9 Å². The van der Waals surface area contributed by atoms with Crippen molar-refractivity contribution in [3.63, 3.8) is 0 Å². The molecule has 142 valence electrons. The predicted molar refractivity (Wildman–Crippen MR) is 109 cm³/mol. The molecule has 0 radical (unpaired) electrons. The van der Waals surface area contributed by atoms with Gasteiger partial charge in [0.25, 0.3) is 11.6 Å². The molecule has 2 N–H and O–H groups in total. The first-order chi connectivity index (χ1) is 13.3. The van der Waals surface area contributed by atoms with Gasteiger partial charge in [-0.15, -0.1) is 0 Å². The van der Waals surface area contributed by atoms with E-state index < -0.39 is 16.6 Å². The van der Waals surface area contributed by atoms with Gasteiger partial charge in [0.05, 0.1) is 10.6 Å². The van der Waals surface area contributed by atoms with Gasteiger partial charge in [0.2, 0.25) is 0 Å². The van der Waals surface area contributed by atoms with Crippen LogP contribution in [-0.4, -0.2) is 15.9 Å². The van der Waals surface area contributed by atoms with Crippen LogP contribution >= 0.6 is 28.1 Å². The summed E-state index contributed by atoms with van der Waals surface area (Å²) in [6.45, 7) is 0. The average Bonchev–Trinajstić information content (AvgIpc) is 3.14. The molecule has 0 aliphatic carbocycles. The van der Waals surface area contributed by atoms with E-state index in [1.54, 1.807) is 12.1 Å². The van der Waals surface area contributed by atoms with Gasteiger partial charge in [-0.3, -0.25) is 20.2 Å². The smallest absolute Gasteiger partial charge is 0.293 e. The molecular weight excluding hydrogens is 453 g/mol. The molecule has 0 unspecified atom stereocenters. The zero-order chi connectivity index (χ0) is 20.3. The molecule has 0 fully saturated rings. The van der Waals surface area contributed by atoms with E-state index in [-0.39, 0.29) is 28.0 Å². The molecule has 0 saturated heterocycles. The summed E-state index contributed by atoms with van der Waals surface area (Å²) in [6, 6.07) is 13.1. The Morgan fingerprint density at radius 2 is 1.96 bits per heavy atom.